The molecule has 1 heterocycles. The molecule has 29 heavy (non-hydrogen) atoms. The van der Waals surface area contributed by atoms with Crippen molar-refractivity contribution in [2.24, 2.45) is 0 Å². The van der Waals surface area contributed by atoms with E-state index in [0.29, 0.717) is 19.5 Å². The van der Waals surface area contributed by atoms with Crippen LogP contribution in [0.3, 0.4) is 0 Å². The van der Waals surface area contributed by atoms with E-state index in [1.165, 1.54) is 17.7 Å². The number of piperazine rings is 1. The monoisotopic (exact) mass is 398 g/mol. The molecule has 2 amide bonds. The second kappa shape index (κ2) is 11.5. The minimum Gasteiger partial charge on any atom is -0.338 e. The summed E-state index contributed by atoms with van der Waals surface area (Å²) in [5.74, 6) is -0.243. The number of urea groups is 1. The molecule has 2 aromatic carbocycles. The lowest BCUT2D eigenvalue weighted by molar-refractivity contribution is 0.126. The van der Waals surface area contributed by atoms with Gasteiger partial charge in [0.25, 0.3) is 0 Å². The summed E-state index contributed by atoms with van der Waals surface area (Å²) in [5, 5.41) is 5.73. The van der Waals surface area contributed by atoms with E-state index in [1.807, 2.05) is 6.07 Å². The van der Waals surface area contributed by atoms with Gasteiger partial charge in [0.05, 0.1) is 0 Å². The highest BCUT2D eigenvalue weighted by Gasteiger charge is 2.16. The van der Waals surface area contributed by atoms with Crippen molar-refractivity contribution in [2.75, 3.05) is 45.8 Å². The molecule has 1 aliphatic heterocycles. The zero-order chi connectivity index (χ0) is 20.3. The van der Waals surface area contributed by atoms with Crippen LogP contribution < -0.4 is 10.6 Å². The van der Waals surface area contributed by atoms with Crippen LogP contribution in [0.15, 0.2) is 54.6 Å². The van der Waals surface area contributed by atoms with Crippen molar-refractivity contribution in [3.63, 3.8) is 0 Å². The van der Waals surface area contributed by atoms with Crippen molar-refractivity contribution in [2.45, 2.75) is 19.4 Å². The van der Waals surface area contributed by atoms with Crippen LogP contribution in [0.1, 0.15) is 17.5 Å². The summed E-state index contributed by atoms with van der Waals surface area (Å²) in [4.78, 5) is 16.8. The summed E-state index contributed by atoms with van der Waals surface area (Å²) in [5.41, 5.74) is 2.25. The number of benzene rings is 2. The van der Waals surface area contributed by atoms with Gasteiger partial charge in [-0.05, 0) is 42.6 Å². The lowest BCUT2D eigenvalue weighted by Gasteiger charge is -2.34. The summed E-state index contributed by atoms with van der Waals surface area (Å²) in [6.45, 7) is 7.51. The van der Waals surface area contributed by atoms with E-state index in [2.05, 4.69) is 50.8 Å². The van der Waals surface area contributed by atoms with Gasteiger partial charge in [0.15, 0.2) is 0 Å². The molecule has 156 valence electrons. The van der Waals surface area contributed by atoms with Gasteiger partial charge in [-0.2, -0.15) is 0 Å². The molecule has 2 aromatic rings. The standard InChI is InChI=1S/C23H31FN4O/c24-22-9-4-8-20(18-22)10-12-26-23(29)25-11-5-13-27-14-16-28(17-15-27)19-21-6-2-1-3-7-21/h1-4,6-9,18H,5,10-17,19H2,(H2,25,26,29). The Kier molecular flexibility index (Phi) is 8.46. The van der Waals surface area contributed by atoms with Gasteiger partial charge in [0, 0.05) is 45.8 Å². The van der Waals surface area contributed by atoms with Crippen LogP contribution in [0.25, 0.3) is 0 Å². The van der Waals surface area contributed by atoms with Crippen LogP contribution in [-0.4, -0.2) is 61.6 Å². The van der Waals surface area contributed by atoms with E-state index in [-0.39, 0.29) is 11.8 Å². The maximum atomic E-state index is 13.1. The van der Waals surface area contributed by atoms with Crippen molar-refractivity contribution in [1.29, 1.82) is 0 Å². The number of carbonyl (C=O) groups excluding carboxylic acids is 1. The molecule has 0 bridgehead atoms. The molecule has 3 rings (SSSR count). The highest BCUT2D eigenvalue weighted by Crippen LogP contribution is 2.08. The smallest absolute Gasteiger partial charge is 0.314 e. The molecule has 1 aliphatic rings. The fraction of sp³-hybridized carbons (Fsp3) is 0.435. The third-order valence-corrected chi connectivity index (χ3v) is 5.24. The zero-order valence-electron chi connectivity index (χ0n) is 16.9. The summed E-state index contributed by atoms with van der Waals surface area (Å²) in [6, 6.07) is 16.9. The molecular weight excluding hydrogens is 367 g/mol. The third-order valence-electron chi connectivity index (χ3n) is 5.24. The van der Waals surface area contributed by atoms with Gasteiger partial charge in [0.1, 0.15) is 5.82 Å². The Morgan fingerprint density at radius 2 is 1.55 bits per heavy atom. The number of nitrogens with one attached hydrogen (secondary N) is 2. The van der Waals surface area contributed by atoms with Crippen LogP contribution >= 0.6 is 0 Å². The molecule has 0 unspecified atom stereocenters. The average molecular weight is 399 g/mol. The van der Waals surface area contributed by atoms with Crippen LogP contribution in [0, 0.1) is 5.82 Å². The SMILES string of the molecule is O=C(NCCCN1CCN(Cc2ccccc2)CC1)NCCc1cccc(F)c1. The molecule has 1 fully saturated rings. The Labute approximate surface area is 172 Å². The predicted molar refractivity (Wildman–Crippen MR) is 114 cm³/mol. The second-order valence-corrected chi connectivity index (χ2v) is 7.52. The van der Waals surface area contributed by atoms with Crippen LogP contribution in [0.4, 0.5) is 9.18 Å². The molecule has 0 spiro atoms. The third kappa shape index (κ3) is 7.83. The van der Waals surface area contributed by atoms with Gasteiger partial charge in [-0.1, -0.05) is 42.5 Å². The Morgan fingerprint density at radius 3 is 2.31 bits per heavy atom. The highest BCUT2D eigenvalue weighted by atomic mass is 19.1. The first-order chi connectivity index (χ1) is 14.2. The Hall–Kier alpha value is -2.44. The quantitative estimate of drug-likeness (QED) is 0.639. The fourth-order valence-electron chi connectivity index (χ4n) is 3.59. The number of hydrogen-bond acceptors (Lipinski definition) is 3. The van der Waals surface area contributed by atoms with Crippen LogP contribution in [0.2, 0.25) is 0 Å². The van der Waals surface area contributed by atoms with E-state index in [0.717, 1.165) is 51.3 Å². The minimum atomic E-state index is -0.243. The summed E-state index contributed by atoms with van der Waals surface area (Å²) < 4.78 is 13.1. The first-order valence-electron chi connectivity index (χ1n) is 10.4. The van der Waals surface area contributed by atoms with Gasteiger partial charge in [-0.25, -0.2) is 9.18 Å². The summed E-state index contributed by atoms with van der Waals surface area (Å²) in [7, 11) is 0. The molecule has 1 saturated heterocycles. The molecule has 0 aliphatic carbocycles. The van der Waals surface area contributed by atoms with E-state index >= 15 is 0 Å². The van der Waals surface area contributed by atoms with Gasteiger partial charge in [-0.3, -0.25) is 4.90 Å². The van der Waals surface area contributed by atoms with Crippen molar-refractivity contribution < 1.29 is 9.18 Å². The molecule has 2 N–H and O–H groups in total. The molecule has 0 radical (unpaired) electrons. The van der Waals surface area contributed by atoms with Crippen molar-refractivity contribution in [1.82, 2.24) is 20.4 Å². The first-order valence-corrected chi connectivity index (χ1v) is 10.4. The highest BCUT2D eigenvalue weighted by molar-refractivity contribution is 5.73. The number of amides is 2. The van der Waals surface area contributed by atoms with Crippen molar-refractivity contribution in [3.05, 3.63) is 71.5 Å². The normalized spacial score (nSPS) is 15.2. The average Bonchev–Trinajstić information content (AvgIpc) is 2.73. The van der Waals surface area contributed by atoms with E-state index in [4.69, 9.17) is 0 Å². The Bertz CT molecular complexity index is 748. The number of rotatable bonds is 9. The Balaban J connectivity index is 1.21. The largest absolute Gasteiger partial charge is 0.338 e. The summed E-state index contributed by atoms with van der Waals surface area (Å²) >= 11 is 0. The van der Waals surface area contributed by atoms with Gasteiger partial charge < -0.3 is 15.5 Å². The van der Waals surface area contributed by atoms with Crippen molar-refractivity contribution in [3.8, 4) is 0 Å². The van der Waals surface area contributed by atoms with E-state index in [9.17, 15) is 9.18 Å². The summed E-state index contributed by atoms with van der Waals surface area (Å²) in [6.07, 6.45) is 1.56. The minimum absolute atomic E-state index is 0.158. The molecule has 0 saturated carbocycles. The zero-order valence-corrected chi connectivity index (χ0v) is 16.9. The van der Waals surface area contributed by atoms with E-state index in [1.54, 1.807) is 6.07 Å². The number of hydrogen-bond donors (Lipinski definition) is 2. The lowest BCUT2D eigenvalue weighted by Crippen LogP contribution is -2.46. The molecular formula is C23H31FN4O. The molecule has 0 atom stereocenters. The van der Waals surface area contributed by atoms with Gasteiger partial charge in [0.2, 0.25) is 0 Å². The van der Waals surface area contributed by atoms with Crippen LogP contribution in [0.5, 0.6) is 0 Å². The molecule has 5 nitrogen and oxygen atoms in total. The number of carbonyl (C=O) groups is 1. The maximum Gasteiger partial charge on any atom is 0.314 e. The predicted octanol–water partition coefficient (Wildman–Crippen LogP) is 2.88. The van der Waals surface area contributed by atoms with Gasteiger partial charge in [-0.15, -0.1) is 0 Å². The molecule has 6 heteroatoms. The number of halogens is 1. The number of nitrogens with zero attached hydrogens (tertiary/aromatic N) is 2. The van der Waals surface area contributed by atoms with E-state index < -0.39 is 0 Å². The second-order valence-electron chi connectivity index (χ2n) is 7.52. The fourth-order valence-corrected chi connectivity index (χ4v) is 3.59. The first kappa shape index (κ1) is 21.3. The molecule has 0 aromatic heterocycles. The Morgan fingerprint density at radius 1 is 0.862 bits per heavy atom. The van der Waals surface area contributed by atoms with Crippen LogP contribution in [-0.2, 0) is 13.0 Å². The van der Waals surface area contributed by atoms with Gasteiger partial charge >= 0.3 is 6.03 Å². The van der Waals surface area contributed by atoms with Crippen molar-refractivity contribution >= 4 is 6.03 Å². The lowest BCUT2D eigenvalue weighted by atomic mass is 10.1. The topological polar surface area (TPSA) is 47.6 Å². The maximum absolute atomic E-state index is 13.1.